The Morgan fingerprint density at radius 1 is 1.13 bits per heavy atom. The van der Waals surface area contributed by atoms with Gasteiger partial charge in [-0.15, -0.1) is 0 Å². The normalized spacial score (nSPS) is 15.6. The summed E-state index contributed by atoms with van der Waals surface area (Å²) < 4.78 is 42.6. The topological polar surface area (TPSA) is 57.6 Å². The number of nitrogens with one attached hydrogen (secondary N) is 1. The second-order valence-corrected chi connectivity index (χ2v) is 10.6. The molecule has 1 aromatic carbocycles. The third-order valence-electron chi connectivity index (χ3n) is 4.86. The second-order valence-electron chi connectivity index (χ2n) is 8.23. The van der Waals surface area contributed by atoms with Gasteiger partial charge in [0.15, 0.2) is 0 Å². The summed E-state index contributed by atoms with van der Waals surface area (Å²) in [6.45, 7) is 7.39. The number of nitrogens with zero attached hydrogens (tertiary/aromatic N) is 3. The largest absolute Gasteiger partial charge is 0.417 e. The Morgan fingerprint density at radius 3 is 2.26 bits per heavy atom. The maximum absolute atomic E-state index is 12.8. The Balaban J connectivity index is 1.58. The smallest absolute Gasteiger partial charge is 0.354 e. The average Bonchev–Trinajstić information content (AvgIpc) is 2.67. The molecule has 5 nitrogen and oxygen atoms in total. The van der Waals surface area contributed by atoms with Crippen molar-refractivity contribution in [3.63, 3.8) is 0 Å². The van der Waals surface area contributed by atoms with Gasteiger partial charge in [0, 0.05) is 36.5 Å². The molecule has 2 heterocycles. The molecule has 2 aromatic rings. The summed E-state index contributed by atoms with van der Waals surface area (Å²) in [6.07, 6.45) is -3.69. The highest BCUT2D eigenvalue weighted by molar-refractivity contribution is 7.87. The number of alkyl halides is 3. The van der Waals surface area contributed by atoms with E-state index in [2.05, 4.69) is 35.4 Å². The van der Waals surface area contributed by atoms with Crippen LogP contribution in [-0.2, 0) is 22.3 Å². The van der Waals surface area contributed by atoms with Crippen molar-refractivity contribution in [3.05, 3.63) is 52.7 Å². The van der Waals surface area contributed by atoms with E-state index in [1.807, 2.05) is 29.2 Å². The number of anilines is 2. The number of benzene rings is 1. The van der Waals surface area contributed by atoms with Gasteiger partial charge >= 0.3 is 12.2 Å². The van der Waals surface area contributed by atoms with Crippen LogP contribution in [0, 0.1) is 0 Å². The number of rotatable bonds is 2. The van der Waals surface area contributed by atoms with E-state index in [-0.39, 0.29) is 10.4 Å². The van der Waals surface area contributed by atoms with Gasteiger partial charge < -0.3 is 10.2 Å². The Bertz CT molecular complexity index is 978. The molecular weight excluding hydrogens is 449 g/mol. The van der Waals surface area contributed by atoms with Crippen molar-refractivity contribution in [2.24, 2.45) is 4.36 Å². The summed E-state index contributed by atoms with van der Waals surface area (Å²) in [5.41, 5.74) is 1.02. The molecule has 31 heavy (non-hydrogen) atoms. The van der Waals surface area contributed by atoms with Crippen LogP contribution in [0.25, 0.3) is 0 Å². The van der Waals surface area contributed by atoms with E-state index in [1.165, 1.54) is 5.56 Å². The van der Waals surface area contributed by atoms with Crippen molar-refractivity contribution in [2.45, 2.75) is 32.4 Å². The highest BCUT2D eigenvalue weighted by Gasteiger charge is 2.32. The maximum atomic E-state index is 12.8. The molecule has 0 atom stereocenters. The third-order valence-corrected chi connectivity index (χ3v) is 6.87. The van der Waals surface area contributed by atoms with Crippen molar-refractivity contribution in [1.82, 2.24) is 4.98 Å². The average molecular weight is 473 g/mol. The Labute approximate surface area is 187 Å². The molecule has 0 radical (unpaired) electrons. The number of carbonyl (C=O) groups is 1. The molecule has 0 saturated carbocycles. The summed E-state index contributed by atoms with van der Waals surface area (Å²) in [5, 5.41) is 2.75. The fraction of sp³-hybridized carbons (Fsp3) is 0.429. The van der Waals surface area contributed by atoms with E-state index in [1.54, 1.807) is 0 Å². The molecule has 1 aromatic heterocycles. The lowest BCUT2D eigenvalue weighted by Crippen LogP contribution is -2.38. The first-order valence-corrected chi connectivity index (χ1v) is 11.6. The molecule has 1 N–H and O–H groups in total. The van der Waals surface area contributed by atoms with Gasteiger partial charge in [-0.05, 0) is 29.2 Å². The van der Waals surface area contributed by atoms with Gasteiger partial charge in [0.1, 0.15) is 5.82 Å². The molecule has 0 unspecified atom stereocenters. The maximum Gasteiger partial charge on any atom is 0.417 e. The lowest BCUT2D eigenvalue weighted by molar-refractivity contribution is -0.137. The monoisotopic (exact) mass is 472 g/mol. The molecule has 0 spiro atoms. The molecule has 1 aliphatic heterocycles. The summed E-state index contributed by atoms with van der Waals surface area (Å²) >= 11 is 6.03. The molecular formula is C21H24ClF3N4OS. The van der Waals surface area contributed by atoms with Crippen LogP contribution in [-0.4, -0.2) is 35.6 Å². The van der Waals surface area contributed by atoms with Crippen LogP contribution in [0.3, 0.4) is 0 Å². The van der Waals surface area contributed by atoms with Gasteiger partial charge in [-0.3, -0.25) is 0 Å². The van der Waals surface area contributed by atoms with Crippen LogP contribution >= 0.6 is 11.6 Å². The van der Waals surface area contributed by atoms with E-state index in [0.29, 0.717) is 36.1 Å². The molecule has 1 saturated heterocycles. The highest BCUT2D eigenvalue weighted by Crippen LogP contribution is 2.33. The van der Waals surface area contributed by atoms with Gasteiger partial charge in [0.2, 0.25) is 0 Å². The fourth-order valence-corrected chi connectivity index (χ4v) is 4.90. The number of urea groups is 1. The number of pyridine rings is 1. The summed E-state index contributed by atoms with van der Waals surface area (Å²) in [5.74, 6) is 1.53. The fourth-order valence-electron chi connectivity index (χ4n) is 3.08. The first-order valence-electron chi connectivity index (χ1n) is 9.72. The van der Waals surface area contributed by atoms with Gasteiger partial charge in [-0.1, -0.05) is 55.2 Å². The SMILES string of the molecule is CC(C)(C)c1ccc(NC(=O)N=S2CCN(c3ncc(C(F)(F)F)cc3Cl)CC2)cc1. The Kier molecular flexibility index (Phi) is 6.95. The van der Waals surface area contributed by atoms with Crippen LogP contribution < -0.4 is 10.2 Å². The van der Waals surface area contributed by atoms with Crippen LogP contribution in [0.15, 0.2) is 40.9 Å². The van der Waals surface area contributed by atoms with Crippen molar-refractivity contribution < 1.29 is 18.0 Å². The van der Waals surface area contributed by atoms with Crippen molar-refractivity contribution >= 4 is 39.8 Å². The summed E-state index contributed by atoms with van der Waals surface area (Å²) in [6, 6.07) is 8.18. The zero-order chi connectivity index (χ0) is 22.8. The molecule has 3 rings (SSSR count). The van der Waals surface area contributed by atoms with Gasteiger partial charge in [-0.2, -0.15) is 17.5 Å². The van der Waals surface area contributed by atoms with E-state index < -0.39 is 28.5 Å². The predicted octanol–water partition coefficient (Wildman–Crippen LogP) is 5.91. The standard InChI is InChI=1S/C21H24ClF3N4OS/c1-20(2,3)14-4-6-16(7-5-14)27-19(30)28-31-10-8-29(9-11-31)18-17(22)12-15(13-26-18)21(23,24)25/h4-7,12-13H,8-11H2,1-3H3,(H,27,30). The Hall–Kier alpha value is -2.13. The van der Waals surface area contributed by atoms with Crippen molar-refractivity contribution in [2.75, 3.05) is 34.8 Å². The molecule has 0 aliphatic carbocycles. The third kappa shape index (κ3) is 6.20. The van der Waals surface area contributed by atoms with Crippen LogP contribution in [0.5, 0.6) is 0 Å². The number of aromatic nitrogens is 1. The highest BCUT2D eigenvalue weighted by atomic mass is 35.5. The molecule has 0 bridgehead atoms. The molecule has 1 aliphatic rings. The minimum atomic E-state index is -4.48. The predicted molar refractivity (Wildman–Crippen MR) is 120 cm³/mol. The van der Waals surface area contributed by atoms with Crippen molar-refractivity contribution in [1.29, 1.82) is 0 Å². The molecule has 168 valence electrons. The molecule has 2 amide bonds. The van der Waals surface area contributed by atoms with E-state index in [9.17, 15) is 18.0 Å². The lowest BCUT2D eigenvalue weighted by atomic mass is 9.87. The molecule has 1 fully saturated rings. The molecule has 10 heteroatoms. The van der Waals surface area contributed by atoms with Crippen LogP contribution in [0.2, 0.25) is 5.02 Å². The summed E-state index contributed by atoms with van der Waals surface area (Å²) in [7, 11) is -0.466. The lowest BCUT2D eigenvalue weighted by Gasteiger charge is -2.29. The minimum absolute atomic E-state index is 0.0348. The van der Waals surface area contributed by atoms with Crippen LogP contribution in [0.1, 0.15) is 31.9 Å². The first-order chi connectivity index (χ1) is 14.4. The number of hydrogen-bond acceptors (Lipinski definition) is 3. The zero-order valence-corrected chi connectivity index (χ0v) is 19.0. The summed E-state index contributed by atoms with van der Waals surface area (Å²) in [4.78, 5) is 18.0. The van der Waals surface area contributed by atoms with Gasteiger partial charge in [0.25, 0.3) is 0 Å². The number of carbonyl (C=O) groups excluding carboxylic acids is 1. The quantitative estimate of drug-likeness (QED) is 0.591. The Morgan fingerprint density at radius 2 is 1.74 bits per heavy atom. The zero-order valence-electron chi connectivity index (χ0n) is 17.5. The first kappa shape index (κ1) is 23.5. The van der Waals surface area contributed by atoms with E-state index in [0.717, 1.165) is 12.3 Å². The number of hydrogen-bond donors (Lipinski definition) is 1. The number of halogens is 4. The van der Waals surface area contributed by atoms with Crippen LogP contribution in [0.4, 0.5) is 29.5 Å². The van der Waals surface area contributed by atoms with Crippen molar-refractivity contribution in [3.8, 4) is 0 Å². The minimum Gasteiger partial charge on any atom is -0.354 e. The van der Waals surface area contributed by atoms with E-state index in [4.69, 9.17) is 11.6 Å². The van der Waals surface area contributed by atoms with Gasteiger partial charge in [-0.25, -0.2) is 9.78 Å². The van der Waals surface area contributed by atoms with Gasteiger partial charge in [0.05, 0.1) is 10.6 Å². The number of amides is 2. The second kappa shape index (κ2) is 9.16. The van der Waals surface area contributed by atoms with E-state index >= 15 is 0 Å².